The Morgan fingerprint density at radius 2 is 1.67 bits per heavy atom. The summed E-state index contributed by atoms with van der Waals surface area (Å²) in [5, 5.41) is 3.61. The van der Waals surface area contributed by atoms with E-state index in [1.54, 1.807) is 0 Å². The molecular formula is C19H26N2. The van der Waals surface area contributed by atoms with Gasteiger partial charge >= 0.3 is 0 Å². The molecule has 1 heterocycles. The molecule has 0 spiro atoms. The average molecular weight is 282 g/mol. The topological polar surface area (TPSA) is 24.9 Å². The average Bonchev–Trinajstić information content (AvgIpc) is 2.52. The van der Waals surface area contributed by atoms with E-state index < -0.39 is 0 Å². The van der Waals surface area contributed by atoms with Crippen LogP contribution in [0.4, 0.5) is 0 Å². The van der Waals surface area contributed by atoms with Crippen molar-refractivity contribution >= 4 is 0 Å². The van der Waals surface area contributed by atoms with E-state index in [2.05, 4.69) is 66.6 Å². The van der Waals surface area contributed by atoms with Crippen LogP contribution in [-0.2, 0) is 6.42 Å². The van der Waals surface area contributed by atoms with Gasteiger partial charge in [-0.05, 0) is 54.5 Å². The van der Waals surface area contributed by atoms with Gasteiger partial charge in [0.1, 0.15) is 0 Å². The molecule has 0 aliphatic heterocycles. The second kappa shape index (κ2) is 8.58. The molecule has 1 aromatic heterocycles. The largest absolute Gasteiger partial charge is 0.316 e. The van der Waals surface area contributed by atoms with E-state index in [0.717, 1.165) is 19.5 Å². The van der Waals surface area contributed by atoms with Crippen LogP contribution in [-0.4, -0.2) is 18.1 Å². The Balaban J connectivity index is 1.95. The van der Waals surface area contributed by atoms with Gasteiger partial charge in [-0.15, -0.1) is 0 Å². The molecule has 0 aliphatic rings. The highest BCUT2D eigenvalue weighted by Gasteiger charge is 2.11. The third-order valence-corrected chi connectivity index (χ3v) is 3.75. The van der Waals surface area contributed by atoms with Crippen molar-refractivity contribution in [2.24, 2.45) is 5.92 Å². The second-order valence-corrected chi connectivity index (χ2v) is 6.05. The first-order valence-corrected chi connectivity index (χ1v) is 7.90. The lowest BCUT2D eigenvalue weighted by Crippen LogP contribution is -2.25. The third kappa shape index (κ3) is 5.68. The minimum absolute atomic E-state index is 0.568. The number of hydrogen-bond donors (Lipinski definition) is 1. The fourth-order valence-corrected chi connectivity index (χ4v) is 2.55. The normalized spacial score (nSPS) is 12.5. The first kappa shape index (κ1) is 15.7. The van der Waals surface area contributed by atoms with Crippen LogP contribution in [0, 0.1) is 5.92 Å². The lowest BCUT2D eigenvalue weighted by atomic mass is 9.92. The van der Waals surface area contributed by atoms with Gasteiger partial charge in [0.15, 0.2) is 0 Å². The van der Waals surface area contributed by atoms with Gasteiger partial charge < -0.3 is 5.32 Å². The summed E-state index contributed by atoms with van der Waals surface area (Å²) in [7, 11) is 0. The number of pyridine rings is 1. The number of hydrogen-bond acceptors (Lipinski definition) is 2. The van der Waals surface area contributed by atoms with Crippen LogP contribution in [0.2, 0.25) is 0 Å². The van der Waals surface area contributed by atoms with Gasteiger partial charge in [-0.1, -0.05) is 44.2 Å². The Morgan fingerprint density at radius 3 is 2.33 bits per heavy atom. The Bertz CT molecular complexity index is 493. The van der Waals surface area contributed by atoms with Crippen LogP contribution in [0.15, 0.2) is 54.9 Å². The van der Waals surface area contributed by atoms with Crippen molar-refractivity contribution in [3.8, 4) is 0 Å². The molecular weight excluding hydrogens is 256 g/mol. The van der Waals surface area contributed by atoms with E-state index in [0.29, 0.717) is 11.8 Å². The zero-order valence-corrected chi connectivity index (χ0v) is 13.1. The van der Waals surface area contributed by atoms with E-state index in [-0.39, 0.29) is 0 Å². The molecule has 0 aliphatic carbocycles. The van der Waals surface area contributed by atoms with Crippen LogP contribution < -0.4 is 5.32 Å². The number of rotatable bonds is 8. The number of benzene rings is 1. The SMILES string of the molecule is CC(C)CNCC(CCc1ccncc1)c1ccccc1. The van der Waals surface area contributed by atoms with E-state index in [9.17, 15) is 0 Å². The fraction of sp³-hybridized carbons (Fsp3) is 0.421. The Hall–Kier alpha value is -1.67. The molecule has 1 atom stereocenters. The highest BCUT2D eigenvalue weighted by molar-refractivity contribution is 5.21. The number of aromatic nitrogens is 1. The maximum Gasteiger partial charge on any atom is 0.0270 e. The molecule has 1 N–H and O–H groups in total. The zero-order valence-electron chi connectivity index (χ0n) is 13.1. The van der Waals surface area contributed by atoms with Gasteiger partial charge in [-0.2, -0.15) is 0 Å². The maximum atomic E-state index is 4.09. The molecule has 2 rings (SSSR count). The number of nitrogens with zero attached hydrogens (tertiary/aromatic N) is 1. The highest BCUT2D eigenvalue weighted by Crippen LogP contribution is 2.21. The molecule has 112 valence electrons. The summed E-state index contributed by atoms with van der Waals surface area (Å²) in [6.07, 6.45) is 6.03. The fourth-order valence-electron chi connectivity index (χ4n) is 2.55. The van der Waals surface area contributed by atoms with Gasteiger partial charge in [0.25, 0.3) is 0 Å². The van der Waals surface area contributed by atoms with Crippen molar-refractivity contribution < 1.29 is 0 Å². The predicted octanol–water partition coefficient (Wildman–Crippen LogP) is 4.04. The Kier molecular flexibility index (Phi) is 6.42. The zero-order chi connectivity index (χ0) is 14.9. The third-order valence-electron chi connectivity index (χ3n) is 3.75. The van der Waals surface area contributed by atoms with Crippen LogP contribution >= 0.6 is 0 Å². The van der Waals surface area contributed by atoms with Crippen molar-refractivity contribution in [3.63, 3.8) is 0 Å². The molecule has 0 saturated heterocycles. The smallest absolute Gasteiger partial charge is 0.0270 e. The minimum atomic E-state index is 0.568. The Morgan fingerprint density at radius 1 is 0.952 bits per heavy atom. The lowest BCUT2D eigenvalue weighted by Gasteiger charge is -2.19. The Labute approximate surface area is 128 Å². The molecule has 0 amide bonds. The van der Waals surface area contributed by atoms with Gasteiger partial charge in [0.2, 0.25) is 0 Å². The molecule has 2 nitrogen and oxygen atoms in total. The van der Waals surface area contributed by atoms with E-state index in [4.69, 9.17) is 0 Å². The molecule has 2 heteroatoms. The minimum Gasteiger partial charge on any atom is -0.316 e. The van der Waals surface area contributed by atoms with Gasteiger partial charge in [-0.25, -0.2) is 0 Å². The van der Waals surface area contributed by atoms with Crippen LogP contribution in [0.25, 0.3) is 0 Å². The molecule has 0 radical (unpaired) electrons. The van der Waals surface area contributed by atoms with Crippen LogP contribution in [0.3, 0.4) is 0 Å². The summed E-state index contributed by atoms with van der Waals surface area (Å²) in [6.45, 7) is 6.63. The van der Waals surface area contributed by atoms with Crippen molar-refractivity contribution in [3.05, 3.63) is 66.0 Å². The summed E-state index contributed by atoms with van der Waals surface area (Å²) in [6, 6.07) is 15.1. The summed E-state index contributed by atoms with van der Waals surface area (Å²) in [4.78, 5) is 4.09. The highest BCUT2D eigenvalue weighted by atomic mass is 14.9. The van der Waals surface area contributed by atoms with Gasteiger partial charge in [-0.3, -0.25) is 4.98 Å². The quantitative estimate of drug-likeness (QED) is 0.790. The van der Waals surface area contributed by atoms with Crippen molar-refractivity contribution in [1.82, 2.24) is 10.3 Å². The van der Waals surface area contributed by atoms with Gasteiger partial charge in [0.05, 0.1) is 0 Å². The van der Waals surface area contributed by atoms with Crippen molar-refractivity contribution in [1.29, 1.82) is 0 Å². The summed E-state index contributed by atoms with van der Waals surface area (Å²) in [5.74, 6) is 1.26. The standard InChI is InChI=1S/C19H26N2/c1-16(2)14-21-15-19(18-6-4-3-5-7-18)9-8-17-10-12-20-13-11-17/h3-7,10-13,16,19,21H,8-9,14-15H2,1-2H3. The van der Waals surface area contributed by atoms with Crippen molar-refractivity contribution in [2.75, 3.05) is 13.1 Å². The van der Waals surface area contributed by atoms with Crippen molar-refractivity contribution in [2.45, 2.75) is 32.6 Å². The monoisotopic (exact) mass is 282 g/mol. The number of nitrogens with one attached hydrogen (secondary N) is 1. The molecule has 21 heavy (non-hydrogen) atoms. The first-order valence-electron chi connectivity index (χ1n) is 7.90. The summed E-state index contributed by atoms with van der Waals surface area (Å²) >= 11 is 0. The van der Waals surface area contributed by atoms with Gasteiger partial charge in [0, 0.05) is 18.9 Å². The maximum absolute atomic E-state index is 4.09. The molecule has 0 fully saturated rings. The first-order chi connectivity index (χ1) is 10.3. The van der Waals surface area contributed by atoms with E-state index in [1.165, 1.54) is 17.5 Å². The van der Waals surface area contributed by atoms with E-state index >= 15 is 0 Å². The molecule has 2 aromatic rings. The number of aryl methyl sites for hydroxylation is 1. The predicted molar refractivity (Wildman–Crippen MR) is 89.4 cm³/mol. The van der Waals surface area contributed by atoms with Crippen LogP contribution in [0.5, 0.6) is 0 Å². The summed E-state index contributed by atoms with van der Waals surface area (Å²) in [5.41, 5.74) is 2.80. The lowest BCUT2D eigenvalue weighted by molar-refractivity contribution is 0.500. The van der Waals surface area contributed by atoms with Crippen LogP contribution in [0.1, 0.15) is 37.3 Å². The molecule has 1 aromatic carbocycles. The molecule has 1 unspecified atom stereocenters. The second-order valence-electron chi connectivity index (χ2n) is 6.05. The van der Waals surface area contributed by atoms with E-state index in [1.807, 2.05) is 12.4 Å². The molecule has 0 saturated carbocycles. The molecule has 0 bridgehead atoms. The summed E-state index contributed by atoms with van der Waals surface area (Å²) < 4.78 is 0.